The number of rotatable bonds is 9. The van der Waals surface area contributed by atoms with E-state index in [1.807, 2.05) is 0 Å². The Morgan fingerprint density at radius 2 is 0.750 bits per heavy atom. The summed E-state index contributed by atoms with van der Waals surface area (Å²) in [4.78, 5) is 15.4. The molecule has 0 saturated carbocycles. The van der Waals surface area contributed by atoms with E-state index in [1.165, 1.54) is 120 Å². The van der Waals surface area contributed by atoms with Crippen LogP contribution in [0.3, 0.4) is 0 Å². The third-order valence-corrected chi connectivity index (χ3v) is 8.38. The fourth-order valence-electron chi connectivity index (χ4n) is 6.62. The van der Waals surface area contributed by atoms with E-state index in [9.17, 15) is 0 Å². The Morgan fingerprint density at radius 1 is 0.444 bits per heavy atom. The molecule has 3 nitrogen and oxygen atoms in total. The summed E-state index contributed by atoms with van der Waals surface area (Å²) in [6, 6.07) is 7.13. The number of hydrogen-bond acceptors (Lipinski definition) is 3. The molecule has 3 heteroatoms. The normalized spacial score (nSPS) is 12.8. The van der Waals surface area contributed by atoms with Gasteiger partial charge in [-0.05, 0) is 73.4 Å². The number of hydrogen-bond donors (Lipinski definition) is 0. The fraction of sp³-hybridized carbons (Fsp3) is 0.364. The van der Waals surface area contributed by atoms with Crippen LogP contribution in [0.4, 0.5) is 0 Å². The van der Waals surface area contributed by atoms with Crippen molar-refractivity contribution in [3.63, 3.8) is 0 Å². The minimum Gasteiger partial charge on any atom is -0.255 e. The Morgan fingerprint density at radius 3 is 1.03 bits per heavy atom. The van der Waals surface area contributed by atoms with Gasteiger partial charge in [-0.1, -0.05) is 40.0 Å². The first-order valence-corrected chi connectivity index (χ1v) is 14.0. The molecular weight excluding hydrogens is 438 g/mol. The van der Waals surface area contributed by atoms with Gasteiger partial charge < -0.3 is 0 Å². The highest BCUT2D eigenvalue weighted by molar-refractivity contribution is 6.44. The number of nitrogens with zero attached hydrogens (tertiary/aromatic N) is 3. The second-order valence-corrected chi connectivity index (χ2v) is 10.8. The SMILES string of the molecule is CCCCc1cc2cnc3c(CCCC)cc4cnc5c(CCCC)cc6cnc1c1c6c5c4c3c21. The van der Waals surface area contributed by atoms with Gasteiger partial charge in [0.05, 0.1) is 16.6 Å². The van der Waals surface area contributed by atoms with Gasteiger partial charge in [-0.15, -0.1) is 0 Å². The molecule has 7 rings (SSSR count). The highest BCUT2D eigenvalue weighted by Crippen LogP contribution is 2.49. The number of unbranched alkanes of at least 4 members (excludes halogenated alkanes) is 3. The van der Waals surface area contributed by atoms with Crippen LogP contribution in [0, 0.1) is 0 Å². The average molecular weight is 472 g/mol. The standard InChI is InChI=1S/C33H33N3/c1-4-7-10-19-13-22-16-35-32-21(12-9-6-3)15-24-18-36-33-20(11-8-5-2)14-23-17-34-31(19)28-25(22)29(32)27(24)30(33)26(23)28/h13-18H,4-12H2,1-3H3. The molecular formula is C33H33N3. The van der Waals surface area contributed by atoms with E-state index in [-0.39, 0.29) is 0 Å². The van der Waals surface area contributed by atoms with Crippen LogP contribution < -0.4 is 0 Å². The molecule has 180 valence electrons. The van der Waals surface area contributed by atoms with Crippen LogP contribution in [0.25, 0.3) is 65.0 Å². The van der Waals surface area contributed by atoms with Crippen LogP contribution in [-0.4, -0.2) is 15.0 Å². The van der Waals surface area contributed by atoms with Crippen molar-refractivity contribution in [1.82, 2.24) is 15.0 Å². The smallest absolute Gasteiger partial charge is 0.0747 e. The Hall–Kier alpha value is -3.33. The summed E-state index contributed by atoms with van der Waals surface area (Å²) in [5, 5.41) is 11.9. The lowest BCUT2D eigenvalue weighted by Gasteiger charge is -2.23. The average Bonchev–Trinajstić information content (AvgIpc) is 2.91. The molecule has 0 atom stereocenters. The largest absolute Gasteiger partial charge is 0.255 e. The van der Waals surface area contributed by atoms with Gasteiger partial charge in [0.1, 0.15) is 0 Å². The topological polar surface area (TPSA) is 38.7 Å². The Labute approximate surface area is 211 Å². The lowest BCUT2D eigenvalue weighted by Crippen LogP contribution is -2.02. The van der Waals surface area contributed by atoms with Crippen LogP contribution in [-0.2, 0) is 19.3 Å². The van der Waals surface area contributed by atoms with Gasteiger partial charge in [0.2, 0.25) is 0 Å². The third-order valence-electron chi connectivity index (χ3n) is 8.38. The van der Waals surface area contributed by atoms with Gasteiger partial charge in [0.25, 0.3) is 0 Å². The zero-order chi connectivity index (χ0) is 24.4. The Bertz CT molecular complexity index is 1600. The van der Waals surface area contributed by atoms with E-state index < -0.39 is 0 Å². The van der Waals surface area contributed by atoms with Crippen molar-refractivity contribution in [2.24, 2.45) is 0 Å². The summed E-state index contributed by atoms with van der Waals surface area (Å²) in [5.41, 5.74) is 7.62. The fourth-order valence-corrected chi connectivity index (χ4v) is 6.62. The lowest BCUT2D eigenvalue weighted by atomic mass is 9.83. The molecule has 0 fully saturated rings. The second kappa shape index (κ2) is 8.37. The molecule has 0 N–H and O–H groups in total. The highest BCUT2D eigenvalue weighted by atomic mass is 14.7. The van der Waals surface area contributed by atoms with E-state index in [0.717, 1.165) is 19.3 Å². The maximum absolute atomic E-state index is 5.15. The van der Waals surface area contributed by atoms with Gasteiger partial charge in [-0.3, -0.25) is 15.0 Å². The maximum atomic E-state index is 5.15. The molecule has 0 aliphatic carbocycles. The van der Waals surface area contributed by atoms with Crippen molar-refractivity contribution in [3.05, 3.63) is 53.5 Å². The van der Waals surface area contributed by atoms with Crippen LogP contribution in [0.15, 0.2) is 36.8 Å². The maximum Gasteiger partial charge on any atom is 0.0747 e. The van der Waals surface area contributed by atoms with Gasteiger partial charge in [-0.2, -0.15) is 0 Å². The van der Waals surface area contributed by atoms with Crippen LogP contribution in [0.2, 0.25) is 0 Å². The molecule has 3 heterocycles. The molecule has 0 amide bonds. The summed E-state index contributed by atoms with van der Waals surface area (Å²) >= 11 is 0. The molecule has 36 heavy (non-hydrogen) atoms. The van der Waals surface area contributed by atoms with Crippen LogP contribution in [0.1, 0.15) is 76.0 Å². The second-order valence-electron chi connectivity index (χ2n) is 10.8. The molecule has 0 spiro atoms. The first-order chi connectivity index (χ1) is 17.7. The molecule has 0 unspecified atom stereocenters. The van der Waals surface area contributed by atoms with E-state index in [2.05, 4.69) is 57.6 Å². The van der Waals surface area contributed by atoms with E-state index >= 15 is 0 Å². The summed E-state index contributed by atoms with van der Waals surface area (Å²) in [7, 11) is 0. The number of pyridine rings is 3. The monoisotopic (exact) mass is 471 g/mol. The number of benzene rings is 4. The van der Waals surface area contributed by atoms with E-state index in [4.69, 9.17) is 15.0 Å². The van der Waals surface area contributed by atoms with Crippen molar-refractivity contribution in [1.29, 1.82) is 0 Å². The minimum absolute atomic E-state index is 1.06. The lowest BCUT2D eigenvalue weighted by molar-refractivity contribution is 0.797. The molecule has 3 aromatic heterocycles. The first kappa shape index (κ1) is 21.9. The van der Waals surface area contributed by atoms with Crippen LogP contribution >= 0.6 is 0 Å². The molecule has 0 aliphatic heterocycles. The van der Waals surface area contributed by atoms with Gasteiger partial charge >= 0.3 is 0 Å². The predicted octanol–water partition coefficient (Wildman–Crippen LogP) is 9.13. The van der Waals surface area contributed by atoms with Gasteiger partial charge in [-0.25, -0.2) is 0 Å². The summed E-state index contributed by atoms with van der Waals surface area (Å²) < 4.78 is 0. The molecule has 0 bridgehead atoms. The molecule has 7 aromatic rings. The number of aromatic nitrogens is 3. The molecule has 0 aliphatic rings. The molecule has 0 saturated heterocycles. The summed E-state index contributed by atoms with van der Waals surface area (Å²) in [6.45, 7) is 6.80. The first-order valence-electron chi connectivity index (χ1n) is 14.0. The van der Waals surface area contributed by atoms with Crippen molar-refractivity contribution in [2.45, 2.75) is 78.6 Å². The number of aryl methyl sites for hydroxylation is 3. The predicted molar refractivity (Wildman–Crippen MR) is 154 cm³/mol. The third kappa shape index (κ3) is 2.95. The van der Waals surface area contributed by atoms with Crippen LogP contribution in [0.5, 0.6) is 0 Å². The van der Waals surface area contributed by atoms with Gasteiger partial charge in [0.15, 0.2) is 0 Å². The van der Waals surface area contributed by atoms with Crippen molar-refractivity contribution >= 4 is 65.0 Å². The van der Waals surface area contributed by atoms with Crippen molar-refractivity contribution in [2.75, 3.05) is 0 Å². The van der Waals surface area contributed by atoms with Gasteiger partial charge in [0, 0.05) is 67.1 Å². The summed E-state index contributed by atoms with van der Waals surface area (Å²) in [5.74, 6) is 0. The van der Waals surface area contributed by atoms with Crippen molar-refractivity contribution < 1.29 is 0 Å². The van der Waals surface area contributed by atoms with Crippen molar-refractivity contribution in [3.8, 4) is 0 Å². The Balaban J connectivity index is 1.73. The minimum atomic E-state index is 1.06. The Kier molecular flexibility index (Phi) is 5.09. The van der Waals surface area contributed by atoms with E-state index in [1.54, 1.807) is 0 Å². The molecule has 0 radical (unpaired) electrons. The zero-order valence-electron chi connectivity index (χ0n) is 21.7. The van der Waals surface area contributed by atoms with E-state index in [0.29, 0.717) is 0 Å². The zero-order valence-corrected chi connectivity index (χ0v) is 21.7. The molecule has 4 aromatic carbocycles. The quantitative estimate of drug-likeness (QED) is 0.156. The summed E-state index contributed by atoms with van der Waals surface area (Å²) in [6.07, 6.45) is 16.6. The highest BCUT2D eigenvalue weighted by Gasteiger charge is 2.25.